The summed E-state index contributed by atoms with van der Waals surface area (Å²) in [5, 5.41) is 4.98. The van der Waals surface area contributed by atoms with Crippen molar-refractivity contribution in [3.63, 3.8) is 0 Å². The molecule has 0 aliphatic heterocycles. The van der Waals surface area contributed by atoms with Crippen LogP contribution in [0.5, 0.6) is 0 Å². The van der Waals surface area contributed by atoms with Crippen molar-refractivity contribution >= 4 is 14.3 Å². The molecule has 0 saturated heterocycles. The van der Waals surface area contributed by atoms with Crippen LogP contribution in [0.2, 0.25) is 15.8 Å². The summed E-state index contributed by atoms with van der Waals surface area (Å²) < 4.78 is 0. The summed E-state index contributed by atoms with van der Waals surface area (Å²) in [7, 11) is 0. The minimum absolute atomic E-state index is 0.859. The van der Waals surface area contributed by atoms with Gasteiger partial charge in [-0.05, 0) is 0 Å². The zero-order valence-corrected chi connectivity index (χ0v) is 14.8. The van der Waals surface area contributed by atoms with Crippen molar-refractivity contribution in [2.24, 2.45) is 0 Å². The molecule has 0 aliphatic rings. The van der Waals surface area contributed by atoms with Gasteiger partial charge in [-0.1, -0.05) is 0 Å². The summed E-state index contributed by atoms with van der Waals surface area (Å²) in [6.45, 7) is 8.46. The molecule has 0 nitrogen and oxygen atoms in total. The van der Waals surface area contributed by atoms with E-state index in [2.05, 4.69) is 26.5 Å². The number of allylic oxidation sites excluding steroid dienone is 1. The van der Waals surface area contributed by atoms with Crippen molar-refractivity contribution < 1.29 is 0 Å². The molecule has 0 N–H and O–H groups in total. The average molecular weight is 299 g/mol. The monoisotopic (exact) mass is 300 g/mol. The fraction of sp³-hybridized carbons (Fsp3) is 0.875. The molecule has 0 heterocycles. The Morgan fingerprint density at radius 3 is 1.65 bits per heavy atom. The van der Waals surface area contributed by atoms with E-state index in [9.17, 15) is 0 Å². The standard InChI is InChI=1S/C16H34Ge/c1-4-7-10-13-16-17(14-11-8-5-2)15-12-9-6-3/h4,17H,1,5-16H2,2-3H3. The van der Waals surface area contributed by atoms with Crippen molar-refractivity contribution in [2.45, 2.75) is 87.4 Å². The van der Waals surface area contributed by atoms with Crippen molar-refractivity contribution in [1.29, 1.82) is 0 Å². The van der Waals surface area contributed by atoms with Crippen LogP contribution in [0.1, 0.15) is 71.6 Å². The van der Waals surface area contributed by atoms with Crippen LogP contribution in [0.4, 0.5) is 0 Å². The molecule has 0 atom stereocenters. The summed E-state index contributed by atoms with van der Waals surface area (Å²) in [5.41, 5.74) is 0. The Bertz CT molecular complexity index is 144. The summed E-state index contributed by atoms with van der Waals surface area (Å²) >= 11 is -0.859. The normalized spacial score (nSPS) is 11.0. The maximum atomic E-state index is 3.81. The maximum absolute atomic E-state index is 3.81. The summed E-state index contributed by atoms with van der Waals surface area (Å²) in [4.78, 5) is 0. The quantitative estimate of drug-likeness (QED) is 0.224. The first kappa shape index (κ1) is 17.3. The fourth-order valence-electron chi connectivity index (χ4n) is 2.52. The second kappa shape index (κ2) is 14.3. The Labute approximate surface area is 114 Å². The molecule has 0 aliphatic carbocycles. The van der Waals surface area contributed by atoms with Crippen LogP contribution in [0.15, 0.2) is 12.7 Å². The fourth-order valence-corrected chi connectivity index (χ4v) is 9.79. The van der Waals surface area contributed by atoms with Gasteiger partial charge in [-0.3, -0.25) is 0 Å². The van der Waals surface area contributed by atoms with Crippen LogP contribution < -0.4 is 0 Å². The molecule has 0 rings (SSSR count). The molecule has 0 amide bonds. The molecule has 0 bridgehead atoms. The van der Waals surface area contributed by atoms with Crippen LogP contribution in [-0.2, 0) is 0 Å². The van der Waals surface area contributed by atoms with Gasteiger partial charge in [0.25, 0.3) is 0 Å². The first-order valence-electron chi connectivity index (χ1n) is 7.96. The molecular formula is C16H34Ge. The molecule has 0 aromatic carbocycles. The van der Waals surface area contributed by atoms with Crippen molar-refractivity contribution in [2.75, 3.05) is 0 Å². The van der Waals surface area contributed by atoms with Crippen LogP contribution in [0.25, 0.3) is 0 Å². The summed E-state index contributed by atoms with van der Waals surface area (Å²) in [6, 6.07) is 0. The van der Waals surface area contributed by atoms with E-state index >= 15 is 0 Å². The van der Waals surface area contributed by atoms with Crippen molar-refractivity contribution in [1.82, 2.24) is 0 Å². The third-order valence-corrected chi connectivity index (χ3v) is 11.4. The minimum atomic E-state index is -0.859. The molecule has 17 heavy (non-hydrogen) atoms. The van der Waals surface area contributed by atoms with Crippen LogP contribution in [0.3, 0.4) is 0 Å². The van der Waals surface area contributed by atoms with E-state index < -0.39 is 14.3 Å². The van der Waals surface area contributed by atoms with E-state index in [1.807, 2.05) is 0 Å². The van der Waals surface area contributed by atoms with Crippen LogP contribution in [-0.4, -0.2) is 14.3 Å². The van der Waals surface area contributed by atoms with Crippen LogP contribution in [0, 0.1) is 0 Å². The Kier molecular flexibility index (Phi) is 14.6. The third-order valence-electron chi connectivity index (χ3n) is 3.70. The Hall–Kier alpha value is 0.283. The van der Waals surface area contributed by atoms with Gasteiger partial charge in [0, 0.05) is 0 Å². The molecule has 0 fully saturated rings. The van der Waals surface area contributed by atoms with Gasteiger partial charge in [0.15, 0.2) is 0 Å². The molecule has 1 heteroatoms. The van der Waals surface area contributed by atoms with Gasteiger partial charge in [-0.25, -0.2) is 0 Å². The predicted molar refractivity (Wildman–Crippen MR) is 84.7 cm³/mol. The zero-order chi connectivity index (χ0) is 12.8. The molecule has 102 valence electrons. The van der Waals surface area contributed by atoms with E-state index in [4.69, 9.17) is 0 Å². The molecule has 0 aromatic rings. The van der Waals surface area contributed by atoms with Crippen LogP contribution >= 0.6 is 0 Å². The van der Waals surface area contributed by atoms with Gasteiger partial charge >= 0.3 is 114 Å². The molecule has 0 radical (unpaired) electrons. The Morgan fingerprint density at radius 1 is 0.765 bits per heavy atom. The molecule has 0 unspecified atom stereocenters. The first-order chi connectivity index (χ1) is 8.35. The predicted octanol–water partition coefficient (Wildman–Crippen LogP) is 5.95. The van der Waals surface area contributed by atoms with E-state index in [1.165, 1.54) is 57.8 Å². The summed E-state index contributed by atoms with van der Waals surface area (Å²) in [5.74, 6) is 0. The molecule has 0 saturated carbocycles. The average Bonchev–Trinajstić information content (AvgIpc) is 2.34. The van der Waals surface area contributed by atoms with Gasteiger partial charge in [-0.15, -0.1) is 0 Å². The number of hydrogen-bond acceptors (Lipinski definition) is 0. The SMILES string of the molecule is C=CCCC[CH2][GeH]([CH2]CCCC)[CH2]CCCC. The molecule has 0 aromatic heterocycles. The van der Waals surface area contributed by atoms with Crippen molar-refractivity contribution in [3.05, 3.63) is 12.7 Å². The van der Waals surface area contributed by atoms with Gasteiger partial charge in [0.2, 0.25) is 0 Å². The van der Waals surface area contributed by atoms with Gasteiger partial charge in [0.1, 0.15) is 0 Å². The van der Waals surface area contributed by atoms with E-state index in [-0.39, 0.29) is 0 Å². The van der Waals surface area contributed by atoms with Gasteiger partial charge in [0.05, 0.1) is 0 Å². The van der Waals surface area contributed by atoms with Crippen molar-refractivity contribution in [3.8, 4) is 0 Å². The molecule has 0 spiro atoms. The number of rotatable bonds is 13. The first-order valence-corrected chi connectivity index (χ1v) is 13.1. The Balaban J connectivity index is 3.63. The third kappa shape index (κ3) is 12.5. The summed E-state index contributed by atoms with van der Waals surface area (Å²) in [6.07, 6.45) is 15.0. The van der Waals surface area contributed by atoms with E-state index in [0.717, 1.165) is 0 Å². The van der Waals surface area contributed by atoms with E-state index in [1.54, 1.807) is 15.8 Å². The number of unbranched alkanes of at least 4 members (excludes halogenated alkanes) is 6. The van der Waals surface area contributed by atoms with E-state index in [0.29, 0.717) is 0 Å². The molecular weight excluding hydrogens is 265 g/mol. The van der Waals surface area contributed by atoms with Gasteiger partial charge < -0.3 is 0 Å². The topological polar surface area (TPSA) is 0 Å². The second-order valence-electron chi connectivity index (χ2n) is 5.43. The second-order valence-corrected chi connectivity index (χ2v) is 12.7. The van der Waals surface area contributed by atoms with Gasteiger partial charge in [-0.2, -0.15) is 0 Å². The zero-order valence-electron chi connectivity index (χ0n) is 12.3. The number of hydrogen-bond donors (Lipinski definition) is 0. The Morgan fingerprint density at radius 2 is 1.24 bits per heavy atom.